The Morgan fingerprint density at radius 2 is 1.50 bits per heavy atom. The lowest BCUT2D eigenvalue weighted by molar-refractivity contribution is -0.00566. The summed E-state index contributed by atoms with van der Waals surface area (Å²) >= 11 is 1.04. The van der Waals surface area contributed by atoms with E-state index in [9.17, 15) is 0 Å². The largest absolute Gasteiger partial charge is 0.406 e. The number of morpholine rings is 1. The molecule has 1 fully saturated rings. The van der Waals surface area contributed by atoms with Crippen molar-refractivity contribution in [3.8, 4) is 10.6 Å². The van der Waals surface area contributed by atoms with Crippen molar-refractivity contribution in [1.82, 2.24) is 9.36 Å². The van der Waals surface area contributed by atoms with Crippen LogP contribution < -0.4 is 4.90 Å². The maximum Gasteiger partial charge on any atom is 0.183 e. The molecule has 1 saturated heterocycles. The van der Waals surface area contributed by atoms with Crippen LogP contribution in [-0.2, 0) is 14.8 Å². The van der Waals surface area contributed by atoms with Crippen LogP contribution in [0.15, 0.2) is 73.1 Å². The molecule has 5 nitrogen and oxygen atoms in total. The van der Waals surface area contributed by atoms with Gasteiger partial charge >= 0.3 is 0 Å². The van der Waals surface area contributed by atoms with E-state index < -0.39 is 27.0 Å². The molecule has 1 aromatic heterocycles. The summed E-state index contributed by atoms with van der Waals surface area (Å²) in [5, 5.41) is 0.244. The van der Waals surface area contributed by atoms with Crippen LogP contribution in [0.1, 0.15) is 51.3 Å². The second-order valence-corrected chi connectivity index (χ2v) is 15.1. The lowest BCUT2D eigenvalue weighted by Gasteiger charge is -2.43. The first kappa shape index (κ1) is 28.5. The average Bonchev–Trinajstić information content (AvgIpc) is 3.46. The Balaban J connectivity index is 1.90. The molecule has 0 spiro atoms. The number of halogens is 2. The Bertz CT molecular complexity index is 1380. The summed E-state index contributed by atoms with van der Waals surface area (Å²) < 4.78 is 49.9. The standard InChI is InChI=1S/C31H35F2N3O2SSi/c1-20-17-36(18-21(2)37-20)28-25(16-24(26(32)27(28)33)29-34-19-35-39-29)31(38-40-30(3,4)5,22-12-8-6-9-13-22)23-14-10-7-11-15-23/h6-16,19-21H,17-18,40H2,1-5H3. The Labute approximate surface area is 241 Å². The first-order chi connectivity index (χ1) is 19.1. The second kappa shape index (κ2) is 11.5. The predicted octanol–water partition coefficient (Wildman–Crippen LogP) is 6.71. The summed E-state index contributed by atoms with van der Waals surface area (Å²) in [5.74, 6) is -1.85. The van der Waals surface area contributed by atoms with Gasteiger partial charge in [-0.25, -0.2) is 13.8 Å². The van der Waals surface area contributed by atoms with Gasteiger partial charge in [0.15, 0.2) is 21.4 Å². The molecule has 9 heteroatoms. The lowest BCUT2D eigenvalue weighted by atomic mass is 9.78. The molecule has 0 radical (unpaired) electrons. The molecule has 0 amide bonds. The van der Waals surface area contributed by atoms with Gasteiger partial charge in [-0.3, -0.25) is 0 Å². The first-order valence-electron chi connectivity index (χ1n) is 13.5. The quantitative estimate of drug-likeness (QED) is 0.180. The van der Waals surface area contributed by atoms with Crippen LogP contribution in [0.25, 0.3) is 10.6 Å². The average molecular weight is 580 g/mol. The number of ether oxygens (including phenoxy) is 1. The van der Waals surface area contributed by atoms with Gasteiger partial charge < -0.3 is 14.1 Å². The van der Waals surface area contributed by atoms with E-state index in [-0.39, 0.29) is 28.5 Å². The van der Waals surface area contributed by atoms with Gasteiger partial charge in [0.25, 0.3) is 0 Å². The van der Waals surface area contributed by atoms with E-state index in [1.165, 1.54) is 6.33 Å². The molecule has 40 heavy (non-hydrogen) atoms. The van der Waals surface area contributed by atoms with E-state index in [4.69, 9.17) is 9.16 Å². The van der Waals surface area contributed by atoms with Gasteiger partial charge in [0.2, 0.25) is 0 Å². The van der Waals surface area contributed by atoms with E-state index in [0.717, 1.165) is 22.7 Å². The summed E-state index contributed by atoms with van der Waals surface area (Å²) in [6.45, 7) is 11.2. The zero-order valence-electron chi connectivity index (χ0n) is 23.5. The molecule has 1 aliphatic rings. The topological polar surface area (TPSA) is 47.5 Å². The van der Waals surface area contributed by atoms with Crippen LogP contribution in [-0.4, -0.2) is 44.4 Å². The van der Waals surface area contributed by atoms with E-state index >= 15 is 8.78 Å². The molecule has 1 aliphatic heterocycles. The van der Waals surface area contributed by atoms with Crippen LogP contribution in [0.2, 0.25) is 5.04 Å². The van der Waals surface area contributed by atoms with Gasteiger partial charge in [-0.1, -0.05) is 81.4 Å². The number of hydrogen-bond acceptors (Lipinski definition) is 6. The number of nitrogens with zero attached hydrogens (tertiary/aromatic N) is 3. The van der Waals surface area contributed by atoms with E-state index in [2.05, 4.69) is 30.1 Å². The highest BCUT2D eigenvalue weighted by atomic mass is 32.1. The minimum Gasteiger partial charge on any atom is -0.406 e. The fourth-order valence-electron chi connectivity index (χ4n) is 5.39. The molecule has 5 rings (SSSR count). The molecule has 2 atom stereocenters. The third kappa shape index (κ3) is 5.61. The van der Waals surface area contributed by atoms with Crippen LogP contribution in [0.5, 0.6) is 0 Å². The molecule has 0 bridgehead atoms. The van der Waals surface area contributed by atoms with Gasteiger partial charge in [0, 0.05) is 18.7 Å². The Morgan fingerprint density at radius 3 is 2.00 bits per heavy atom. The third-order valence-corrected chi connectivity index (χ3v) is 9.11. The molecule has 2 unspecified atom stereocenters. The predicted molar refractivity (Wildman–Crippen MR) is 160 cm³/mol. The molecule has 3 aromatic carbocycles. The van der Waals surface area contributed by atoms with Crippen LogP contribution >= 0.6 is 11.5 Å². The van der Waals surface area contributed by atoms with Crippen molar-refractivity contribution in [2.45, 2.75) is 57.5 Å². The molecular formula is C31H35F2N3O2SSi. The van der Waals surface area contributed by atoms with Gasteiger partial charge in [0.1, 0.15) is 16.9 Å². The summed E-state index contributed by atoms with van der Waals surface area (Å²) in [6.07, 6.45) is 1.05. The number of hydrogen-bond donors (Lipinski definition) is 0. The Hall–Kier alpha value is -2.98. The summed E-state index contributed by atoms with van der Waals surface area (Å²) in [4.78, 5) is 6.16. The fourth-order valence-corrected chi connectivity index (χ4v) is 7.07. The van der Waals surface area contributed by atoms with Gasteiger partial charge in [0.05, 0.1) is 23.5 Å². The fraction of sp³-hybridized carbons (Fsp3) is 0.355. The number of anilines is 1. The minimum absolute atomic E-state index is 0.0718. The summed E-state index contributed by atoms with van der Waals surface area (Å²) in [5.41, 5.74) is 1.32. The molecule has 0 saturated carbocycles. The SMILES string of the molecule is CC1CN(c2c(C(O[SiH2]C(C)(C)C)(c3ccccc3)c3ccccc3)cc(-c3ncns3)c(F)c2F)CC(C)O1. The zero-order valence-corrected chi connectivity index (χ0v) is 25.8. The van der Waals surface area contributed by atoms with Crippen molar-refractivity contribution in [2.24, 2.45) is 0 Å². The summed E-state index contributed by atoms with van der Waals surface area (Å²) in [7, 11) is -1.22. The Morgan fingerprint density at radius 1 is 0.925 bits per heavy atom. The smallest absolute Gasteiger partial charge is 0.183 e. The number of aromatic nitrogens is 2. The second-order valence-electron chi connectivity index (χ2n) is 11.6. The normalized spacial score (nSPS) is 18.5. The van der Waals surface area contributed by atoms with E-state index in [0.29, 0.717) is 23.7 Å². The van der Waals surface area contributed by atoms with Crippen LogP contribution in [0.4, 0.5) is 14.5 Å². The highest BCUT2D eigenvalue weighted by Crippen LogP contribution is 2.49. The lowest BCUT2D eigenvalue weighted by Crippen LogP contribution is -2.47. The van der Waals surface area contributed by atoms with Crippen molar-refractivity contribution < 1.29 is 17.9 Å². The van der Waals surface area contributed by atoms with Crippen LogP contribution in [0.3, 0.4) is 0 Å². The zero-order chi connectivity index (χ0) is 28.5. The number of rotatable bonds is 7. The van der Waals surface area contributed by atoms with Crippen LogP contribution in [0, 0.1) is 11.6 Å². The highest BCUT2D eigenvalue weighted by molar-refractivity contribution is 7.09. The molecular weight excluding hydrogens is 545 g/mol. The highest BCUT2D eigenvalue weighted by Gasteiger charge is 2.44. The van der Waals surface area contributed by atoms with Crippen molar-refractivity contribution in [3.05, 3.63) is 101 Å². The maximum atomic E-state index is 16.6. The molecule has 210 valence electrons. The van der Waals surface area contributed by atoms with Crippen molar-refractivity contribution >= 4 is 27.0 Å². The van der Waals surface area contributed by atoms with Crippen molar-refractivity contribution in [3.63, 3.8) is 0 Å². The maximum absolute atomic E-state index is 16.6. The Kier molecular flexibility index (Phi) is 8.19. The van der Waals surface area contributed by atoms with Crippen molar-refractivity contribution in [1.29, 1.82) is 0 Å². The summed E-state index contributed by atoms with van der Waals surface area (Å²) in [6, 6.07) is 21.5. The molecule has 2 heterocycles. The van der Waals surface area contributed by atoms with Crippen molar-refractivity contribution in [2.75, 3.05) is 18.0 Å². The van der Waals surface area contributed by atoms with E-state index in [1.807, 2.05) is 79.4 Å². The van der Waals surface area contributed by atoms with Gasteiger partial charge in [-0.2, -0.15) is 4.37 Å². The van der Waals surface area contributed by atoms with Gasteiger partial charge in [-0.05, 0) is 47.6 Å². The molecule has 0 aliphatic carbocycles. The molecule has 4 aromatic rings. The number of benzene rings is 3. The first-order valence-corrected chi connectivity index (χ1v) is 15.6. The third-order valence-electron chi connectivity index (χ3n) is 6.97. The molecule has 0 N–H and O–H groups in total. The monoisotopic (exact) mass is 579 g/mol. The van der Waals surface area contributed by atoms with Gasteiger partial charge in [-0.15, -0.1) is 0 Å². The van der Waals surface area contributed by atoms with E-state index in [1.54, 1.807) is 6.07 Å². The minimum atomic E-state index is -1.22.